The van der Waals surface area contributed by atoms with Crippen LogP contribution in [0, 0.1) is 5.92 Å². The number of rotatable bonds is 3. The predicted octanol–water partition coefficient (Wildman–Crippen LogP) is 2.13. The lowest BCUT2D eigenvalue weighted by Gasteiger charge is -2.21. The van der Waals surface area contributed by atoms with Gasteiger partial charge in [-0.15, -0.1) is 5.10 Å². The van der Waals surface area contributed by atoms with Gasteiger partial charge in [-0.1, -0.05) is 41.6 Å². The summed E-state index contributed by atoms with van der Waals surface area (Å²) in [5.41, 5.74) is 2.26. The lowest BCUT2D eigenvalue weighted by atomic mass is 9.99. The van der Waals surface area contributed by atoms with Crippen molar-refractivity contribution in [1.82, 2.24) is 30.1 Å². The second kappa shape index (κ2) is 11.0. The Hall–Kier alpha value is -3.92. The fourth-order valence-corrected chi connectivity index (χ4v) is 5.07. The van der Waals surface area contributed by atoms with Crippen LogP contribution in [0.5, 0.6) is 11.5 Å². The van der Waals surface area contributed by atoms with Crippen molar-refractivity contribution in [2.75, 3.05) is 40.3 Å². The minimum atomic E-state index is -0.216. The van der Waals surface area contributed by atoms with E-state index in [1.807, 2.05) is 29.1 Å². The minimum absolute atomic E-state index is 0.00897. The van der Waals surface area contributed by atoms with E-state index in [0.717, 1.165) is 19.6 Å². The van der Waals surface area contributed by atoms with E-state index in [9.17, 15) is 9.59 Å². The molecule has 2 bridgehead atoms. The number of likely N-dealkylation sites (N-methyl/N-ethyl adjacent to an activating group) is 1. The molecule has 1 aromatic heterocycles. The molecule has 3 aromatic rings. The summed E-state index contributed by atoms with van der Waals surface area (Å²) in [4.78, 5) is 30.0. The molecule has 2 aliphatic heterocycles. The molecule has 1 fully saturated rings. The first-order valence-corrected chi connectivity index (χ1v) is 12.5. The summed E-state index contributed by atoms with van der Waals surface area (Å²) in [5.74, 6) is 0.655. The number of para-hydroxylation sites is 1. The van der Waals surface area contributed by atoms with Crippen LogP contribution in [0.1, 0.15) is 34.1 Å². The Kier molecular flexibility index (Phi) is 7.36. The third kappa shape index (κ3) is 5.59. The summed E-state index contributed by atoms with van der Waals surface area (Å²) >= 11 is 0. The maximum Gasteiger partial charge on any atom is 0.257 e. The molecule has 0 unspecified atom stereocenters. The molecule has 2 aromatic carbocycles. The van der Waals surface area contributed by atoms with E-state index in [1.54, 1.807) is 37.3 Å². The van der Waals surface area contributed by atoms with Crippen molar-refractivity contribution in [2.24, 2.45) is 5.92 Å². The van der Waals surface area contributed by atoms with Crippen LogP contribution in [-0.4, -0.2) is 76.9 Å². The number of amides is 2. The van der Waals surface area contributed by atoms with Gasteiger partial charge in [0.2, 0.25) is 5.91 Å². The Labute approximate surface area is 216 Å². The van der Waals surface area contributed by atoms with Crippen LogP contribution in [0.2, 0.25) is 0 Å². The third-order valence-corrected chi connectivity index (χ3v) is 6.99. The maximum atomic E-state index is 13.2. The SMILES string of the molecule is COc1cccc2c1OCc1cn(nn1)[C@@H]1CN(Cc3ccccc3)C[C@@H]1CC(=O)NCCN(C)C2=O. The standard InChI is InChI=1S/C27H32N6O4/c1-31-12-11-28-25(34)13-20-15-32(14-19-7-4-3-5-8-19)17-23(20)33-16-21(29-30-33)18-37-26-22(27(31)35)9-6-10-24(26)36-2/h3-10,16,20,23H,11-15,17-18H2,1-2H3,(H,28,34)/t20-,23+/m0/s1. The molecule has 5 rings (SSSR count). The molecule has 0 spiro atoms. The lowest BCUT2D eigenvalue weighted by Crippen LogP contribution is -2.37. The predicted molar refractivity (Wildman–Crippen MR) is 136 cm³/mol. The molecule has 0 radical (unpaired) electrons. The summed E-state index contributed by atoms with van der Waals surface area (Å²) in [6, 6.07) is 15.6. The molecule has 1 N–H and O–H groups in total. The first-order valence-electron chi connectivity index (χ1n) is 12.5. The van der Waals surface area contributed by atoms with Crippen molar-refractivity contribution in [3.05, 3.63) is 71.5 Å². The molecule has 2 aliphatic rings. The second-order valence-corrected chi connectivity index (χ2v) is 9.60. The number of nitrogens with zero attached hydrogens (tertiary/aromatic N) is 5. The van der Waals surface area contributed by atoms with E-state index in [1.165, 1.54) is 5.56 Å². The average Bonchev–Trinajstić information content (AvgIpc) is 3.53. The van der Waals surface area contributed by atoms with Crippen LogP contribution in [0.3, 0.4) is 0 Å². The summed E-state index contributed by atoms with van der Waals surface area (Å²) in [6.45, 7) is 3.23. The monoisotopic (exact) mass is 504 g/mol. The Balaban J connectivity index is 1.42. The molecular formula is C27H32N6O4. The minimum Gasteiger partial charge on any atom is -0.493 e. The van der Waals surface area contributed by atoms with Crippen LogP contribution < -0.4 is 14.8 Å². The van der Waals surface area contributed by atoms with Crippen molar-refractivity contribution < 1.29 is 19.1 Å². The number of nitrogens with one attached hydrogen (secondary N) is 1. The number of methoxy groups -OCH3 is 1. The molecule has 10 heteroatoms. The smallest absolute Gasteiger partial charge is 0.257 e. The molecule has 0 aliphatic carbocycles. The molecule has 2 amide bonds. The van der Waals surface area contributed by atoms with Crippen molar-refractivity contribution in [2.45, 2.75) is 25.6 Å². The normalized spacial score (nSPS) is 21.1. The van der Waals surface area contributed by atoms with Gasteiger partial charge in [0.05, 0.1) is 24.9 Å². The molecule has 0 saturated carbocycles. The van der Waals surface area contributed by atoms with E-state index in [4.69, 9.17) is 9.47 Å². The number of carbonyl (C=O) groups excluding carboxylic acids is 2. The van der Waals surface area contributed by atoms with Crippen molar-refractivity contribution in [3.63, 3.8) is 0 Å². The fraction of sp³-hybridized carbons (Fsp3) is 0.407. The van der Waals surface area contributed by atoms with Gasteiger partial charge in [0.1, 0.15) is 12.3 Å². The summed E-state index contributed by atoms with van der Waals surface area (Å²) in [5, 5.41) is 11.7. The molecule has 3 heterocycles. The number of benzene rings is 2. The van der Waals surface area contributed by atoms with Crippen LogP contribution in [-0.2, 0) is 17.9 Å². The van der Waals surface area contributed by atoms with E-state index in [-0.39, 0.29) is 30.4 Å². The van der Waals surface area contributed by atoms with Gasteiger partial charge >= 0.3 is 0 Å². The molecule has 194 valence electrons. The number of hydrogen-bond donors (Lipinski definition) is 1. The second-order valence-electron chi connectivity index (χ2n) is 9.60. The molecule has 10 nitrogen and oxygen atoms in total. The van der Waals surface area contributed by atoms with Gasteiger partial charge in [0.15, 0.2) is 11.5 Å². The third-order valence-electron chi connectivity index (χ3n) is 6.99. The van der Waals surface area contributed by atoms with Gasteiger partial charge in [-0.25, -0.2) is 4.68 Å². The van der Waals surface area contributed by atoms with Crippen LogP contribution >= 0.6 is 0 Å². The highest BCUT2D eigenvalue weighted by molar-refractivity contribution is 5.97. The molecular weight excluding hydrogens is 472 g/mol. The van der Waals surface area contributed by atoms with E-state index in [2.05, 4.69) is 32.7 Å². The number of ether oxygens (including phenoxy) is 2. The van der Waals surface area contributed by atoms with Crippen LogP contribution in [0.25, 0.3) is 0 Å². The zero-order valence-corrected chi connectivity index (χ0v) is 21.2. The van der Waals surface area contributed by atoms with Gasteiger partial charge < -0.3 is 19.7 Å². The van der Waals surface area contributed by atoms with Gasteiger partial charge in [-0.05, 0) is 17.7 Å². The number of likely N-dealkylation sites (tertiary alicyclic amines) is 1. The van der Waals surface area contributed by atoms with Crippen molar-refractivity contribution in [3.8, 4) is 11.5 Å². The Bertz CT molecular complexity index is 1250. The molecule has 1 saturated heterocycles. The topological polar surface area (TPSA) is 102 Å². The quantitative estimate of drug-likeness (QED) is 0.583. The highest BCUT2D eigenvalue weighted by Gasteiger charge is 2.36. The molecule has 37 heavy (non-hydrogen) atoms. The van der Waals surface area contributed by atoms with Crippen LogP contribution in [0.15, 0.2) is 54.7 Å². The summed E-state index contributed by atoms with van der Waals surface area (Å²) < 4.78 is 13.4. The Morgan fingerprint density at radius 1 is 1.11 bits per heavy atom. The first kappa shape index (κ1) is 24.8. The maximum absolute atomic E-state index is 13.2. The van der Waals surface area contributed by atoms with Crippen molar-refractivity contribution >= 4 is 11.8 Å². The van der Waals surface area contributed by atoms with E-state index in [0.29, 0.717) is 42.3 Å². The van der Waals surface area contributed by atoms with E-state index < -0.39 is 0 Å². The average molecular weight is 505 g/mol. The zero-order valence-electron chi connectivity index (χ0n) is 21.2. The highest BCUT2D eigenvalue weighted by atomic mass is 16.5. The largest absolute Gasteiger partial charge is 0.493 e. The van der Waals surface area contributed by atoms with Gasteiger partial charge in [-0.3, -0.25) is 14.5 Å². The van der Waals surface area contributed by atoms with E-state index >= 15 is 0 Å². The van der Waals surface area contributed by atoms with Gasteiger partial charge in [0, 0.05) is 52.1 Å². The summed E-state index contributed by atoms with van der Waals surface area (Å²) in [6.07, 6.45) is 2.25. The number of hydrogen-bond acceptors (Lipinski definition) is 7. The Morgan fingerprint density at radius 2 is 1.95 bits per heavy atom. The van der Waals surface area contributed by atoms with Crippen LogP contribution in [0.4, 0.5) is 0 Å². The molecule has 2 atom stereocenters. The summed E-state index contributed by atoms with van der Waals surface area (Å²) in [7, 11) is 3.25. The Morgan fingerprint density at radius 3 is 2.76 bits per heavy atom. The fourth-order valence-electron chi connectivity index (χ4n) is 5.07. The van der Waals surface area contributed by atoms with Gasteiger partial charge in [0.25, 0.3) is 5.91 Å². The lowest BCUT2D eigenvalue weighted by molar-refractivity contribution is -0.122. The van der Waals surface area contributed by atoms with Gasteiger partial charge in [-0.2, -0.15) is 0 Å². The number of carbonyl (C=O) groups is 2. The van der Waals surface area contributed by atoms with Crippen molar-refractivity contribution in [1.29, 1.82) is 0 Å². The number of aromatic nitrogens is 3. The zero-order chi connectivity index (χ0) is 25.8. The number of fused-ring (bicyclic) bond motifs is 5. The first-order chi connectivity index (χ1) is 18.0. The highest BCUT2D eigenvalue weighted by Crippen LogP contribution is 2.34.